The molecule has 0 bridgehead atoms. The zero-order valence-electron chi connectivity index (χ0n) is 17.0. The third-order valence-electron chi connectivity index (χ3n) is 4.70. The third kappa shape index (κ3) is 6.41. The highest BCUT2D eigenvalue weighted by Gasteiger charge is 2.27. The minimum absolute atomic E-state index is 0.0647. The fourth-order valence-electron chi connectivity index (χ4n) is 3.27. The maximum Gasteiger partial charge on any atom is 0.410 e. The lowest BCUT2D eigenvalue weighted by Gasteiger charge is -2.33. The SMILES string of the molecule is Cc1cc(C)c(CNC(=O)CC2CCN(C(=O)OC(C)(C)C)CC2)c(=O)[nH]1. The average Bonchev–Trinajstić information content (AvgIpc) is 2.52. The van der Waals surface area contributed by atoms with Crippen LogP contribution in [0.1, 0.15) is 56.9 Å². The van der Waals surface area contributed by atoms with E-state index in [2.05, 4.69) is 10.3 Å². The molecule has 2 rings (SSSR count). The highest BCUT2D eigenvalue weighted by Crippen LogP contribution is 2.22. The quantitative estimate of drug-likeness (QED) is 0.844. The molecule has 1 aromatic heterocycles. The number of hydrogen-bond acceptors (Lipinski definition) is 4. The maximum atomic E-state index is 12.2. The Morgan fingerprint density at radius 1 is 1.26 bits per heavy atom. The van der Waals surface area contributed by atoms with E-state index in [0.717, 1.165) is 24.1 Å². The lowest BCUT2D eigenvalue weighted by Crippen LogP contribution is -2.42. The number of rotatable bonds is 4. The summed E-state index contributed by atoms with van der Waals surface area (Å²) in [7, 11) is 0. The van der Waals surface area contributed by atoms with Gasteiger partial charge in [0.05, 0.1) is 0 Å². The average molecular weight is 377 g/mol. The van der Waals surface area contributed by atoms with E-state index in [1.807, 2.05) is 40.7 Å². The maximum absolute atomic E-state index is 12.2. The van der Waals surface area contributed by atoms with Crippen molar-refractivity contribution in [3.63, 3.8) is 0 Å². The van der Waals surface area contributed by atoms with Crippen LogP contribution < -0.4 is 10.9 Å². The second-order valence-corrected chi connectivity index (χ2v) is 8.33. The van der Waals surface area contributed by atoms with Gasteiger partial charge in [-0.15, -0.1) is 0 Å². The van der Waals surface area contributed by atoms with Crippen LogP contribution in [-0.2, 0) is 16.1 Å². The molecule has 1 aliphatic rings. The summed E-state index contributed by atoms with van der Waals surface area (Å²) in [6.07, 6.45) is 1.66. The number of aromatic nitrogens is 1. The van der Waals surface area contributed by atoms with Crippen molar-refractivity contribution in [3.8, 4) is 0 Å². The van der Waals surface area contributed by atoms with Gasteiger partial charge in [-0.1, -0.05) is 0 Å². The number of nitrogens with one attached hydrogen (secondary N) is 2. The van der Waals surface area contributed by atoms with Gasteiger partial charge in [-0.25, -0.2) is 4.79 Å². The van der Waals surface area contributed by atoms with E-state index in [9.17, 15) is 14.4 Å². The summed E-state index contributed by atoms with van der Waals surface area (Å²) in [6.45, 7) is 10.7. The normalized spacial score (nSPS) is 15.5. The van der Waals surface area contributed by atoms with E-state index in [1.54, 1.807) is 4.90 Å². The first-order valence-corrected chi connectivity index (χ1v) is 9.49. The molecule has 7 nitrogen and oxygen atoms in total. The topological polar surface area (TPSA) is 91.5 Å². The van der Waals surface area contributed by atoms with Gasteiger partial charge in [0.15, 0.2) is 0 Å². The number of aryl methyl sites for hydroxylation is 2. The number of hydrogen-bond donors (Lipinski definition) is 2. The number of amides is 2. The van der Waals surface area contributed by atoms with Crippen molar-refractivity contribution in [1.29, 1.82) is 0 Å². The monoisotopic (exact) mass is 377 g/mol. The van der Waals surface area contributed by atoms with Crippen molar-refractivity contribution in [1.82, 2.24) is 15.2 Å². The number of ether oxygens (including phenoxy) is 1. The fourth-order valence-corrected chi connectivity index (χ4v) is 3.27. The first kappa shape index (κ1) is 21.0. The van der Waals surface area contributed by atoms with Crippen LogP contribution in [0.3, 0.4) is 0 Å². The summed E-state index contributed by atoms with van der Waals surface area (Å²) in [5.41, 5.74) is 1.62. The largest absolute Gasteiger partial charge is 0.444 e. The Morgan fingerprint density at radius 2 is 1.89 bits per heavy atom. The minimum atomic E-state index is -0.500. The molecule has 1 saturated heterocycles. The summed E-state index contributed by atoms with van der Waals surface area (Å²) in [5.74, 6) is 0.172. The van der Waals surface area contributed by atoms with Crippen LogP contribution in [0.5, 0.6) is 0 Å². The van der Waals surface area contributed by atoms with Crippen molar-refractivity contribution in [2.24, 2.45) is 5.92 Å². The summed E-state index contributed by atoms with van der Waals surface area (Å²) in [4.78, 5) is 40.8. The minimum Gasteiger partial charge on any atom is -0.444 e. The summed E-state index contributed by atoms with van der Waals surface area (Å²) >= 11 is 0. The van der Waals surface area contributed by atoms with Gasteiger partial charge in [0.1, 0.15) is 5.60 Å². The lowest BCUT2D eigenvalue weighted by molar-refractivity contribution is -0.122. The van der Waals surface area contributed by atoms with Gasteiger partial charge in [0.2, 0.25) is 5.91 Å². The fraction of sp³-hybridized carbons (Fsp3) is 0.650. The van der Waals surface area contributed by atoms with E-state index < -0.39 is 5.60 Å². The Kier molecular flexibility index (Phi) is 6.68. The lowest BCUT2D eigenvalue weighted by atomic mass is 9.93. The van der Waals surface area contributed by atoms with Gasteiger partial charge in [-0.05, 0) is 65.0 Å². The summed E-state index contributed by atoms with van der Waals surface area (Å²) < 4.78 is 5.39. The predicted molar refractivity (Wildman–Crippen MR) is 104 cm³/mol. The first-order chi connectivity index (χ1) is 12.5. The van der Waals surface area contributed by atoms with Crippen molar-refractivity contribution < 1.29 is 14.3 Å². The van der Waals surface area contributed by atoms with Gasteiger partial charge in [-0.2, -0.15) is 0 Å². The molecule has 27 heavy (non-hydrogen) atoms. The van der Waals surface area contributed by atoms with E-state index in [-0.39, 0.29) is 30.0 Å². The molecule has 0 saturated carbocycles. The third-order valence-corrected chi connectivity index (χ3v) is 4.70. The van der Waals surface area contributed by atoms with E-state index in [4.69, 9.17) is 4.74 Å². The molecule has 0 atom stereocenters. The zero-order chi connectivity index (χ0) is 20.2. The van der Waals surface area contributed by atoms with E-state index in [1.165, 1.54) is 0 Å². The number of piperidine rings is 1. The van der Waals surface area contributed by atoms with Crippen molar-refractivity contribution in [2.45, 2.75) is 66.0 Å². The van der Waals surface area contributed by atoms with Gasteiger partial charge < -0.3 is 19.9 Å². The van der Waals surface area contributed by atoms with Crippen LogP contribution in [0.25, 0.3) is 0 Å². The van der Waals surface area contributed by atoms with Crippen molar-refractivity contribution >= 4 is 12.0 Å². The molecule has 0 spiro atoms. The molecule has 0 radical (unpaired) electrons. The smallest absolute Gasteiger partial charge is 0.410 e. The molecule has 1 aromatic rings. The summed E-state index contributed by atoms with van der Waals surface area (Å²) in [6, 6.07) is 1.90. The van der Waals surface area contributed by atoms with Gasteiger partial charge in [0.25, 0.3) is 5.56 Å². The Labute approximate surface area is 160 Å². The van der Waals surface area contributed by atoms with Crippen molar-refractivity contribution in [2.75, 3.05) is 13.1 Å². The molecule has 1 aliphatic heterocycles. The van der Waals surface area contributed by atoms with Crippen LogP contribution in [0.2, 0.25) is 0 Å². The highest BCUT2D eigenvalue weighted by molar-refractivity contribution is 5.76. The Balaban J connectivity index is 1.78. The standard InChI is InChI=1S/C20H31N3O4/c1-13-10-14(2)22-18(25)16(13)12-21-17(24)11-15-6-8-23(9-7-15)19(26)27-20(3,4)5/h10,15H,6-9,11-12H2,1-5H3,(H,21,24)(H,22,25). The number of H-pyrrole nitrogens is 1. The molecule has 2 heterocycles. The zero-order valence-corrected chi connectivity index (χ0v) is 17.0. The molecular weight excluding hydrogens is 346 g/mol. The molecule has 2 N–H and O–H groups in total. The Hall–Kier alpha value is -2.31. The number of aromatic amines is 1. The van der Waals surface area contributed by atoms with Gasteiger partial charge in [-0.3, -0.25) is 9.59 Å². The first-order valence-electron chi connectivity index (χ1n) is 9.49. The molecule has 2 amide bonds. The molecular formula is C20H31N3O4. The Morgan fingerprint density at radius 3 is 2.44 bits per heavy atom. The van der Waals surface area contributed by atoms with Crippen LogP contribution >= 0.6 is 0 Å². The van der Waals surface area contributed by atoms with Crippen LogP contribution in [-0.4, -0.2) is 40.6 Å². The van der Waals surface area contributed by atoms with E-state index >= 15 is 0 Å². The highest BCUT2D eigenvalue weighted by atomic mass is 16.6. The van der Waals surface area contributed by atoms with E-state index in [0.29, 0.717) is 25.1 Å². The molecule has 7 heteroatoms. The Bertz CT molecular complexity index is 741. The van der Waals surface area contributed by atoms with Crippen LogP contribution in [0.4, 0.5) is 4.79 Å². The summed E-state index contributed by atoms with van der Waals surface area (Å²) in [5, 5.41) is 2.85. The number of nitrogens with zero attached hydrogens (tertiary/aromatic N) is 1. The number of carbonyl (C=O) groups excluding carboxylic acids is 2. The molecule has 1 fully saturated rings. The molecule has 150 valence electrons. The molecule has 0 aromatic carbocycles. The molecule has 0 unspecified atom stereocenters. The number of carbonyl (C=O) groups is 2. The number of likely N-dealkylation sites (tertiary alicyclic amines) is 1. The van der Waals surface area contributed by atoms with Crippen LogP contribution in [0.15, 0.2) is 10.9 Å². The molecule has 0 aliphatic carbocycles. The number of pyridine rings is 1. The van der Waals surface area contributed by atoms with Crippen LogP contribution in [0, 0.1) is 19.8 Å². The van der Waals surface area contributed by atoms with Gasteiger partial charge in [0, 0.05) is 37.3 Å². The van der Waals surface area contributed by atoms with Crippen molar-refractivity contribution in [3.05, 3.63) is 33.2 Å². The second kappa shape index (κ2) is 8.59. The second-order valence-electron chi connectivity index (χ2n) is 8.33. The van der Waals surface area contributed by atoms with Gasteiger partial charge >= 0.3 is 6.09 Å². The predicted octanol–water partition coefficient (Wildman–Crippen LogP) is 2.65.